The highest BCUT2D eigenvalue weighted by Crippen LogP contribution is 2.35. The van der Waals surface area contributed by atoms with Crippen LogP contribution in [-0.2, 0) is 6.54 Å². The van der Waals surface area contributed by atoms with Crippen LogP contribution in [0.4, 0.5) is 4.79 Å². The zero-order valence-electron chi connectivity index (χ0n) is 20.6. The number of methoxy groups -OCH3 is 1. The molecule has 9 heteroatoms. The first-order chi connectivity index (χ1) is 16.7. The van der Waals surface area contributed by atoms with Gasteiger partial charge < -0.3 is 29.6 Å². The number of H-pyrrole nitrogens is 1. The summed E-state index contributed by atoms with van der Waals surface area (Å²) in [5, 5.41) is 13.0. The van der Waals surface area contributed by atoms with Gasteiger partial charge in [0, 0.05) is 41.4 Å². The van der Waals surface area contributed by atoms with E-state index < -0.39 is 6.09 Å². The van der Waals surface area contributed by atoms with Crippen LogP contribution < -0.4 is 15.6 Å². The van der Waals surface area contributed by atoms with Crippen molar-refractivity contribution in [1.29, 1.82) is 0 Å². The van der Waals surface area contributed by atoms with Crippen LogP contribution in [-0.4, -0.2) is 51.8 Å². The Labute approximate surface area is 203 Å². The molecule has 186 valence electrons. The minimum Gasteiger partial charge on any atom is -0.496 e. The molecule has 0 radical (unpaired) electrons. The summed E-state index contributed by atoms with van der Waals surface area (Å²) in [6, 6.07) is 9.64. The maximum atomic E-state index is 13.4. The Kier molecular flexibility index (Phi) is 6.86. The zero-order valence-corrected chi connectivity index (χ0v) is 20.6. The van der Waals surface area contributed by atoms with Crippen molar-refractivity contribution in [3.05, 3.63) is 63.2 Å². The lowest BCUT2D eigenvalue weighted by molar-refractivity contribution is 0.0949. The van der Waals surface area contributed by atoms with Crippen molar-refractivity contribution < 1.29 is 19.4 Å². The highest BCUT2D eigenvalue weighted by Gasteiger charge is 2.30. The van der Waals surface area contributed by atoms with Crippen molar-refractivity contribution in [3.8, 4) is 5.75 Å². The van der Waals surface area contributed by atoms with Crippen LogP contribution >= 0.6 is 0 Å². The first kappa shape index (κ1) is 24.4. The first-order valence-electron chi connectivity index (χ1n) is 11.8. The lowest BCUT2D eigenvalue weighted by atomic mass is 9.90. The predicted molar refractivity (Wildman–Crippen MR) is 133 cm³/mol. The molecule has 35 heavy (non-hydrogen) atoms. The van der Waals surface area contributed by atoms with E-state index in [1.165, 1.54) is 12.0 Å². The minimum atomic E-state index is -0.873. The summed E-state index contributed by atoms with van der Waals surface area (Å²) in [5.41, 5.74) is 3.16. The normalized spacial score (nSPS) is 15.3. The molecule has 3 heterocycles. The highest BCUT2D eigenvalue weighted by atomic mass is 16.5. The molecule has 0 spiro atoms. The van der Waals surface area contributed by atoms with Crippen molar-refractivity contribution in [2.45, 2.75) is 46.2 Å². The maximum absolute atomic E-state index is 13.4. The Bertz CT molecular complexity index is 1320. The number of pyridine rings is 1. The van der Waals surface area contributed by atoms with Gasteiger partial charge in [-0.1, -0.05) is 18.2 Å². The van der Waals surface area contributed by atoms with Crippen molar-refractivity contribution >= 4 is 22.9 Å². The van der Waals surface area contributed by atoms with Crippen LogP contribution in [0.2, 0.25) is 0 Å². The molecule has 3 N–H and O–H groups in total. The maximum Gasteiger partial charge on any atom is 0.407 e. The largest absolute Gasteiger partial charge is 0.496 e. The van der Waals surface area contributed by atoms with E-state index in [0.717, 1.165) is 29.4 Å². The lowest BCUT2D eigenvalue weighted by Gasteiger charge is -2.34. The van der Waals surface area contributed by atoms with E-state index in [2.05, 4.69) is 21.8 Å². The smallest absolute Gasteiger partial charge is 0.407 e. The fraction of sp³-hybridized carbons (Fsp3) is 0.423. The summed E-state index contributed by atoms with van der Waals surface area (Å²) in [5.74, 6) is 0.478. The first-order valence-corrected chi connectivity index (χ1v) is 11.8. The molecule has 1 fully saturated rings. The van der Waals surface area contributed by atoms with Gasteiger partial charge in [-0.2, -0.15) is 0 Å². The van der Waals surface area contributed by atoms with Gasteiger partial charge in [0.2, 0.25) is 0 Å². The van der Waals surface area contributed by atoms with Gasteiger partial charge in [0.25, 0.3) is 11.5 Å². The Morgan fingerprint density at radius 3 is 2.57 bits per heavy atom. The zero-order chi connectivity index (χ0) is 25.3. The Balaban J connectivity index is 1.62. The number of amides is 2. The van der Waals surface area contributed by atoms with Crippen molar-refractivity contribution in [1.82, 2.24) is 19.8 Å². The number of carbonyl (C=O) groups excluding carboxylic acids is 1. The Morgan fingerprint density at radius 1 is 1.23 bits per heavy atom. The van der Waals surface area contributed by atoms with Gasteiger partial charge in [0.05, 0.1) is 24.8 Å². The third-order valence-corrected chi connectivity index (χ3v) is 7.16. The molecule has 0 aliphatic carbocycles. The predicted octanol–water partition coefficient (Wildman–Crippen LogP) is 3.84. The second kappa shape index (κ2) is 9.85. The average Bonchev–Trinajstić information content (AvgIpc) is 3.14. The molecule has 3 aromatic rings. The third kappa shape index (κ3) is 4.62. The van der Waals surface area contributed by atoms with Gasteiger partial charge in [0.15, 0.2) is 0 Å². The highest BCUT2D eigenvalue weighted by molar-refractivity contribution is 6.08. The number of aromatic amines is 1. The number of ether oxygens (including phenoxy) is 1. The van der Waals surface area contributed by atoms with E-state index in [9.17, 15) is 19.5 Å². The lowest BCUT2D eigenvalue weighted by Crippen LogP contribution is -2.39. The second-order valence-corrected chi connectivity index (χ2v) is 9.21. The van der Waals surface area contributed by atoms with Crippen LogP contribution in [0.1, 0.15) is 53.1 Å². The number of piperidine rings is 1. The van der Waals surface area contributed by atoms with Gasteiger partial charge in [-0.3, -0.25) is 9.59 Å². The molecule has 1 aromatic carbocycles. The van der Waals surface area contributed by atoms with E-state index in [-0.39, 0.29) is 24.1 Å². The number of aromatic nitrogens is 2. The number of para-hydroxylation sites is 1. The topological polar surface area (TPSA) is 117 Å². The molecule has 1 atom stereocenters. The van der Waals surface area contributed by atoms with Gasteiger partial charge in [0.1, 0.15) is 5.75 Å². The van der Waals surface area contributed by atoms with E-state index in [0.29, 0.717) is 41.6 Å². The summed E-state index contributed by atoms with van der Waals surface area (Å²) < 4.78 is 7.55. The number of carboxylic acid groups (broad SMARTS) is 1. The molecule has 1 saturated heterocycles. The molecule has 2 aromatic heterocycles. The number of benzene rings is 1. The fourth-order valence-electron chi connectivity index (χ4n) is 5.28. The summed E-state index contributed by atoms with van der Waals surface area (Å²) >= 11 is 0. The quantitative estimate of drug-likeness (QED) is 0.496. The van der Waals surface area contributed by atoms with Crippen molar-refractivity contribution in [2.75, 3.05) is 20.2 Å². The number of fused-ring (bicyclic) bond motifs is 1. The number of nitrogens with zero attached hydrogens (tertiary/aromatic N) is 2. The summed E-state index contributed by atoms with van der Waals surface area (Å²) in [7, 11) is 1.50. The van der Waals surface area contributed by atoms with Crippen LogP contribution in [0, 0.1) is 19.8 Å². The molecular formula is C26H32N4O5. The molecule has 0 bridgehead atoms. The fourth-order valence-corrected chi connectivity index (χ4v) is 5.28. The Morgan fingerprint density at radius 2 is 1.91 bits per heavy atom. The van der Waals surface area contributed by atoms with E-state index in [1.54, 1.807) is 13.0 Å². The molecule has 0 saturated carbocycles. The number of aryl methyl sites for hydroxylation is 1. The SMILES string of the molecule is COc1cc(C)[nH]c(=O)c1CNC(=O)c1c(C)n(C(C)C2CCN(C(=O)O)CC2)c2ccccc12. The second-order valence-electron chi connectivity index (χ2n) is 9.21. The van der Waals surface area contributed by atoms with Crippen molar-refractivity contribution in [3.63, 3.8) is 0 Å². The molecule has 1 unspecified atom stereocenters. The van der Waals surface area contributed by atoms with Crippen LogP contribution in [0.15, 0.2) is 35.1 Å². The third-order valence-electron chi connectivity index (χ3n) is 7.16. The standard InChI is InChI=1S/C26H32N4O5/c1-15-13-22(35-4)20(24(31)28-15)14-27-25(32)23-17(3)30(21-8-6-5-7-19(21)23)16(2)18-9-11-29(12-10-18)26(33)34/h5-8,13,16,18H,9-12,14H2,1-4H3,(H,27,32)(H,28,31)(H,33,34). The molecular weight excluding hydrogens is 448 g/mol. The van der Waals surface area contributed by atoms with Crippen LogP contribution in [0.25, 0.3) is 10.9 Å². The van der Waals surface area contributed by atoms with Crippen LogP contribution in [0.5, 0.6) is 5.75 Å². The van der Waals surface area contributed by atoms with Gasteiger partial charge in [-0.05, 0) is 51.7 Å². The summed E-state index contributed by atoms with van der Waals surface area (Å²) in [4.78, 5) is 41.4. The number of hydrogen-bond acceptors (Lipinski definition) is 4. The summed E-state index contributed by atoms with van der Waals surface area (Å²) in [6.07, 6.45) is 0.676. The Hall–Kier alpha value is -3.75. The molecule has 1 aliphatic rings. The number of carbonyl (C=O) groups is 2. The molecule has 2 amide bonds. The monoisotopic (exact) mass is 480 g/mol. The molecule has 4 rings (SSSR count). The van der Waals surface area contributed by atoms with E-state index in [4.69, 9.17) is 4.74 Å². The molecule has 1 aliphatic heterocycles. The van der Waals surface area contributed by atoms with Gasteiger partial charge >= 0.3 is 6.09 Å². The van der Waals surface area contributed by atoms with E-state index >= 15 is 0 Å². The number of nitrogens with one attached hydrogen (secondary N) is 2. The minimum absolute atomic E-state index is 0.0414. The van der Waals surface area contributed by atoms with Gasteiger partial charge in [-0.15, -0.1) is 0 Å². The van der Waals surface area contributed by atoms with Gasteiger partial charge in [-0.25, -0.2) is 4.79 Å². The molecule has 9 nitrogen and oxygen atoms in total. The van der Waals surface area contributed by atoms with E-state index in [1.807, 2.05) is 31.2 Å². The van der Waals surface area contributed by atoms with Crippen molar-refractivity contribution in [2.24, 2.45) is 5.92 Å². The average molecular weight is 481 g/mol. The number of rotatable bonds is 6. The number of hydrogen-bond donors (Lipinski definition) is 3. The summed E-state index contributed by atoms with van der Waals surface area (Å²) in [6.45, 7) is 6.93. The van der Waals surface area contributed by atoms with Crippen LogP contribution in [0.3, 0.4) is 0 Å². The number of likely N-dealkylation sites (tertiary alicyclic amines) is 1.